The number of rotatable bonds is 6. The molecule has 1 atom stereocenters. The maximum Gasteiger partial charge on any atom is 0.210 e. The van der Waals surface area contributed by atoms with Crippen LogP contribution in [-0.2, 0) is 10.0 Å². The molecule has 0 radical (unpaired) electrons. The zero-order valence-electron chi connectivity index (χ0n) is 14.6. The van der Waals surface area contributed by atoms with E-state index in [1.165, 1.54) is 5.56 Å². The molecule has 2 rings (SSSR count). The van der Waals surface area contributed by atoms with Crippen molar-refractivity contribution in [1.82, 2.24) is 10.2 Å². The number of hydrogen-bond acceptors (Lipinski definition) is 4. The van der Waals surface area contributed by atoms with Gasteiger partial charge in [-0.15, -0.1) is 24.0 Å². The van der Waals surface area contributed by atoms with Crippen LogP contribution in [0.15, 0.2) is 29.3 Å². The molecule has 0 aromatic heterocycles. The molecule has 0 amide bonds. The maximum absolute atomic E-state index is 11.0. The summed E-state index contributed by atoms with van der Waals surface area (Å²) in [6, 6.07) is 8.14. The van der Waals surface area contributed by atoms with Crippen molar-refractivity contribution < 1.29 is 13.2 Å². The fourth-order valence-corrected chi connectivity index (χ4v) is 3.15. The lowest BCUT2D eigenvalue weighted by Gasteiger charge is -2.21. The number of nitrogens with two attached hydrogens (primary N) is 1. The van der Waals surface area contributed by atoms with Crippen LogP contribution in [0.1, 0.15) is 24.8 Å². The first-order valence-corrected chi connectivity index (χ1v) is 9.82. The minimum Gasteiger partial charge on any atom is -0.497 e. The summed E-state index contributed by atoms with van der Waals surface area (Å²) in [4.78, 5) is 6.56. The zero-order valence-corrected chi connectivity index (χ0v) is 17.8. The predicted molar refractivity (Wildman–Crippen MR) is 111 cm³/mol. The van der Waals surface area contributed by atoms with E-state index in [9.17, 15) is 8.42 Å². The van der Waals surface area contributed by atoms with E-state index in [0.717, 1.165) is 37.8 Å². The Morgan fingerprint density at radius 1 is 1.40 bits per heavy atom. The van der Waals surface area contributed by atoms with Crippen LogP contribution in [-0.4, -0.2) is 58.3 Å². The lowest BCUT2D eigenvalue weighted by Crippen LogP contribution is -2.40. The monoisotopic (exact) mass is 482 g/mol. The maximum atomic E-state index is 11.0. The van der Waals surface area contributed by atoms with Gasteiger partial charge in [-0.3, -0.25) is 4.99 Å². The van der Waals surface area contributed by atoms with Gasteiger partial charge in [0.15, 0.2) is 5.96 Å². The molecular weight excluding hydrogens is 455 g/mol. The molecule has 0 spiro atoms. The lowest BCUT2D eigenvalue weighted by atomic mass is 9.98. The zero-order chi connectivity index (χ0) is 17.6. The highest BCUT2D eigenvalue weighted by Crippen LogP contribution is 2.28. The van der Waals surface area contributed by atoms with Crippen molar-refractivity contribution in [1.29, 1.82) is 0 Å². The van der Waals surface area contributed by atoms with E-state index in [4.69, 9.17) is 9.88 Å². The van der Waals surface area contributed by atoms with Crippen LogP contribution in [0.4, 0.5) is 0 Å². The van der Waals surface area contributed by atoms with Crippen LogP contribution in [0.25, 0.3) is 0 Å². The van der Waals surface area contributed by atoms with E-state index in [1.807, 2.05) is 19.1 Å². The second-order valence-corrected chi connectivity index (χ2v) is 7.54. The van der Waals surface area contributed by atoms with E-state index in [0.29, 0.717) is 5.92 Å². The van der Waals surface area contributed by atoms with E-state index < -0.39 is 10.0 Å². The molecule has 1 fully saturated rings. The average Bonchev–Trinajstić information content (AvgIpc) is 3.03. The normalized spacial score (nSPS) is 18.0. The molecule has 1 heterocycles. The number of benzene rings is 1. The van der Waals surface area contributed by atoms with Gasteiger partial charge in [0, 0.05) is 25.6 Å². The molecule has 0 saturated carbocycles. The summed E-state index contributed by atoms with van der Waals surface area (Å²) in [6.07, 6.45) is 1.03. The Hall–Kier alpha value is -1.07. The Bertz CT molecular complexity index is 664. The van der Waals surface area contributed by atoms with Gasteiger partial charge in [0.05, 0.1) is 19.4 Å². The highest BCUT2D eigenvalue weighted by molar-refractivity contribution is 14.0. The third-order valence-corrected chi connectivity index (χ3v) is 4.80. The Labute approximate surface area is 167 Å². The number of hydrogen-bond donors (Lipinski definition) is 2. The summed E-state index contributed by atoms with van der Waals surface area (Å²) in [7, 11) is -1.82. The molecule has 1 saturated heterocycles. The summed E-state index contributed by atoms with van der Waals surface area (Å²) >= 11 is 0. The summed E-state index contributed by atoms with van der Waals surface area (Å²) in [6.45, 7) is 4.64. The highest BCUT2D eigenvalue weighted by atomic mass is 127. The van der Waals surface area contributed by atoms with Crippen LogP contribution in [0.3, 0.4) is 0 Å². The third kappa shape index (κ3) is 6.98. The number of primary sulfonamides is 1. The van der Waals surface area contributed by atoms with Gasteiger partial charge in [-0.1, -0.05) is 12.1 Å². The van der Waals surface area contributed by atoms with Crippen molar-refractivity contribution in [2.24, 2.45) is 10.1 Å². The van der Waals surface area contributed by atoms with Crippen molar-refractivity contribution in [3.05, 3.63) is 29.8 Å². The molecule has 142 valence electrons. The SMILES string of the molecule is CCNC(=NCCS(N)(=O)=O)N1CCC(c2ccc(OC)cc2)C1.I. The van der Waals surface area contributed by atoms with Gasteiger partial charge >= 0.3 is 0 Å². The van der Waals surface area contributed by atoms with Crippen LogP contribution >= 0.6 is 24.0 Å². The number of likely N-dealkylation sites (tertiary alicyclic amines) is 1. The molecule has 9 heteroatoms. The Balaban J connectivity index is 0.00000312. The molecule has 1 unspecified atom stereocenters. The first kappa shape index (κ1) is 22.0. The van der Waals surface area contributed by atoms with Crippen LogP contribution in [0, 0.1) is 0 Å². The number of halogens is 1. The van der Waals surface area contributed by atoms with Crippen molar-refractivity contribution >= 4 is 40.0 Å². The Morgan fingerprint density at radius 2 is 2.08 bits per heavy atom. The Kier molecular flexibility index (Phi) is 8.94. The standard InChI is InChI=1S/C16H26N4O3S.HI/c1-3-18-16(19-9-11-24(17,21)22)20-10-8-14(12-20)13-4-6-15(23-2)7-5-13;/h4-7,14H,3,8-12H2,1-2H3,(H,18,19)(H2,17,21,22);1H. The second kappa shape index (κ2) is 10.2. The van der Waals surface area contributed by atoms with Crippen LogP contribution < -0.4 is 15.2 Å². The van der Waals surface area contributed by atoms with Gasteiger partial charge in [0.25, 0.3) is 0 Å². The van der Waals surface area contributed by atoms with Crippen LogP contribution in [0.2, 0.25) is 0 Å². The van der Waals surface area contributed by atoms with Gasteiger partial charge in [-0.05, 0) is 31.0 Å². The number of ether oxygens (including phenoxy) is 1. The van der Waals surface area contributed by atoms with E-state index in [2.05, 4.69) is 27.3 Å². The first-order valence-electron chi connectivity index (χ1n) is 8.10. The van der Waals surface area contributed by atoms with Crippen LogP contribution in [0.5, 0.6) is 5.75 Å². The molecule has 3 N–H and O–H groups in total. The summed E-state index contributed by atoms with van der Waals surface area (Å²) in [5, 5.41) is 8.25. The van der Waals surface area contributed by atoms with Gasteiger partial charge < -0.3 is 15.0 Å². The average molecular weight is 482 g/mol. The smallest absolute Gasteiger partial charge is 0.210 e. The topological polar surface area (TPSA) is 97.0 Å². The van der Waals surface area contributed by atoms with E-state index in [1.54, 1.807) is 7.11 Å². The molecule has 0 aliphatic carbocycles. The molecule has 1 aromatic carbocycles. The molecule has 0 bridgehead atoms. The second-order valence-electron chi connectivity index (χ2n) is 5.81. The minimum absolute atomic E-state index is 0. The molecular formula is C16H27IN4O3S. The predicted octanol–water partition coefficient (Wildman–Crippen LogP) is 1.36. The minimum atomic E-state index is -3.48. The highest BCUT2D eigenvalue weighted by Gasteiger charge is 2.26. The first-order chi connectivity index (χ1) is 11.4. The summed E-state index contributed by atoms with van der Waals surface area (Å²) < 4.78 is 27.3. The molecule has 1 aromatic rings. The lowest BCUT2D eigenvalue weighted by molar-refractivity contribution is 0.414. The molecule has 1 aliphatic rings. The number of nitrogens with one attached hydrogen (secondary N) is 1. The summed E-state index contributed by atoms with van der Waals surface area (Å²) in [5.74, 6) is 1.89. The van der Waals surface area contributed by atoms with Gasteiger partial charge in [-0.25, -0.2) is 13.6 Å². The molecule has 7 nitrogen and oxygen atoms in total. The number of nitrogens with zero attached hydrogens (tertiary/aromatic N) is 2. The molecule has 25 heavy (non-hydrogen) atoms. The largest absolute Gasteiger partial charge is 0.497 e. The quantitative estimate of drug-likeness (QED) is 0.363. The van der Waals surface area contributed by atoms with E-state index in [-0.39, 0.29) is 36.3 Å². The van der Waals surface area contributed by atoms with Crippen molar-refractivity contribution in [3.63, 3.8) is 0 Å². The number of aliphatic imine (C=N–C) groups is 1. The van der Waals surface area contributed by atoms with Crippen molar-refractivity contribution in [2.75, 3.05) is 39.0 Å². The number of sulfonamides is 1. The Morgan fingerprint density at radius 3 is 2.64 bits per heavy atom. The fraction of sp³-hybridized carbons (Fsp3) is 0.562. The van der Waals surface area contributed by atoms with Gasteiger partial charge in [0.1, 0.15) is 5.75 Å². The van der Waals surface area contributed by atoms with Gasteiger partial charge in [-0.2, -0.15) is 0 Å². The fourth-order valence-electron chi connectivity index (χ4n) is 2.81. The number of guanidine groups is 1. The van der Waals surface area contributed by atoms with Crippen molar-refractivity contribution in [3.8, 4) is 5.75 Å². The van der Waals surface area contributed by atoms with Gasteiger partial charge in [0.2, 0.25) is 10.0 Å². The van der Waals surface area contributed by atoms with E-state index >= 15 is 0 Å². The third-order valence-electron chi connectivity index (χ3n) is 4.05. The number of methoxy groups -OCH3 is 1. The van der Waals surface area contributed by atoms with Crippen molar-refractivity contribution in [2.45, 2.75) is 19.3 Å². The summed E-state index contributed by atoms with van der Waals surface area (Å²) in [5.41, 5.74) is 1.28. The molecule has 1 aliphatic heterocycles.